The van der Waals surface area contributed by atoms with E-state index in [2.05, 4.69) is 35.6 Å². The Bertz CT molecular complexity index is 1280. The van der Waals surface area contributed by atoms with Gasteiger partial charge in [-0.15, -0.1) is 5.10 Å². The predicted molar refractivity (Wildman–Crippen MR) is 108 cm³/mol. The van der Waals surface area contributed by atoms with Crippen LogP contribution in [0.5, 0.6) is 0 Å². The topological polar surface area (TPSA) is 125 Å². The molecule has 3 aromatic heterocycles. The van der Waals surface area contributed by atoms with Crippen LogP contribution in [0.4, 0.5) is 17.6 Å². The highest BCUT2D eigenvalue weighted by atomic mass is 15.4. The van der Waals surface area contributed by atoms with Crippen LogP contribution in [-0.2, 0) is 6.54 Å². The second kappa shape index (κ2) is 7.00. The maximum Gasteiger partial charge on any atom is 0.241 e. The van der Waals surface area contributed by atoms with E-state index < -0.39 is 0 Å². The standard InChI is InChI=1S/C19H16N10/c20-17-25-15-6-1-2-7-16(15)29(17)19-22-12-21-18(26-19)24-14-5-3-4-13(10-14)11-28-9-8-23-27-28/h1-10,12H,11H2,(H2,20,25)(H,21,22,24,26). The molecule has 0 aliphatic rings. The molecule has 10 nitrogen and oxygen atoms in total. The van der Waals surface area contributed by atoms with Gasteiger partial charge < -0.3 is 11.1 Å². The number of nitrogens with one attached hydrogen (secondary N) is 1. The Labute approximate surface area is 165 Å². The molecule has 0 saturated carbocycles. The van der Waals surface area contributed by atoms with Gasteiger partial charge in [0.25, 0.3) is 0 Å². The van der Waals surface area contributed by atoms with E-state index in [1.54, 1.807) is 15.4 Å². The molecule has 0 saturated heterocycles. The summed E-state index contributed by atoms with van der Waals surface area (Å²) >= 11 is 0. The number of benzene rings is 2. The lowest BCUT2D eigenvalue weighted by Crippen LogP contribution is -2.08. The Kier molecular flexibility index (Phi) is 4.06. The van der Waals surface area contributed by atoms with Crippen molar-refractivity contribution in [3.63, 3.8) is 0 Å². The summed E-state index contributed by atoms with van der Waals surface area (Å²) in [6, 6.07) is 15.6. The van der Waals surface area contributed by atoms with Gasteiger partial charge in [0.1, 0.15) is 6.33 Å². The van der Waals surface area contributed by atoms with E-state index in [1.165, 1.54) is 6.33 Å². The first kappa shape index (κ1) is 16.8. The molecule has 3 heterocycles. The Hall–Kier alpha value is -4.34. The van der Waals surface area contributed by atoms with E-state index in [0.717, 1.165) is 22.3 Å². The molecule has 0 aliphatic carbocycles. The molecule has 10 heteroatoms. The summed E-state index contributed by atoms with van der Waals surface area (Å²) in [7, 11) is 0. The summed E-state index contributed by atoms with van der Waals surface area (Å²) in [6.07, 6.45) is 4.91. The first-order chi connectivity index (χ1) is 14.3. The minimum Gasteiger partial charge on any atom is -0.369 e. The SMILES string of the molecule is Nc1nc2ccccc2n1-c1ncnc(Nc2cccc(Cn3ccnn3)c2)n1. The van der Waals surface area contributed by atoms with Crippen LogP contribution in [-0.4, -0.2) is 39.5 Å². The van der Waals surface area contributed by atoms with E-state index in [0.29, 0.717) is 24.4 Å². The smallest absolute Gasteiger partial charge is 0.241 e. The third kappa shape index (κ3) is 3.34. The zero-order valence-electron chi connectivity index (χ0n) is 15.2. The number of nitrogens with zero attached hydrogens (tertiary/aromatic N) is 8. The third-order valence-electron chi connectivity index (χ3n) is 4.35. The van der Waals surface area contributed by atoms with Crippen LogP contribution in [0.25, 0.3) is 17.0 Å². The van der Waals surface area contributed by atoms with Crippen LogP contribution >= 0.6 is 0 Å². The minimum absolute atomic E-state index is 0.318. The van der Waals surface area contributed by atoms with Gasteiger partial charge in [0.05, 0.1) is 23.8 Å². The number of nitrogen functional groups attached to an aromatic ring is 1. The maximum absolute atomic E-state index is 6.09. The van der Waals surface area contributed by atoms with Crippen LogP contribution in [0.3, 0.4) is 0 Å². The summed E-state index contributed by atoms with van der Waals surface area (Å²) in [5.41, 5.74) is 9.62. The zero-order chi connectivity index (χ0) is 19.6. The molecule has 5 aromatic rings. The molecule has 0 atom stereocenters. The van der Waals surface area contributed by atoms with Crippen LogP contribution in [0.15, 0.2) is 67.3 Å². The Morgan fingerprint density at radius 2 is 1.93 bits per heavy atom. The Morgan fingerprint density at radius 1 is 1.00 bits per heavy atom. The molecule has 142 valence electrons. The van der Waals surface area contributed by atoms with Crippen LogP contribution in [0.2, 0.25) is 0 Å². The Morgan fingerprint density at radius 3 is 2.83 bits per heavy atom. The van der Waals surface area contributed by atoms with E-state index in [9.17, 15) is 0 Å². The number of anilines is 3. The molecule has 29 heavy (non-hydrogen) atoms. The number of para-hydroxylation sites is 2. The largest absolute Gasteiger partial charge is 0.369 e. The number of aromatic nitrogens is 8. The van der Waals surface area contributed by atoms with Crippen molar-refractivity contribution in [3.8, 4) is 5.95 Å². The lowest BCUT2D eigenvalue weighted by molar-refractivity contribution is 0.650. The number of hydrogen-bond acceptors (Lipinski definition) is 8. The van der Waals surface area contributed by atoms with Gasteiger partial charge in [0.2, 0.25) is 17.8 Å². The highest BCUT2D eigenvalue weighted by Crippen LogP contribution is 2.21. The molecule has 2 aromatic carbocycles. The lowest BCUT2D eigenvalue weighted by atomic mass is 10.2. The molecule has 3 N–H and O–H groups in total. The van der Waals surface area contributed by atoms with Gasteiger partial charge in [-0.2, -0.15) is 4.98 Å². The highest BCUT2D eigenvalue weighted by Gasteiger charge is 2.13. The summed E-state index contributed by atoms with van der Waals surface area (Å²) in [4.78, 5) is 17.4. The fourth-order valence-electron chi connectivity index (χ4n) is 3.09. The lowest BCUT2D eigenvalue weighted by Gasteiger charge is -2.09. The quantitative estimate of drug-likeness (QED) is 0.472. The van der Waals surface area contributed by atoms with Crippen molar-refractivity contribution in [1.29, 1.82) is 0 Å². The number of hydrogen-bond donors (Lipinski definition) is 2. The molecule has 0 fully saturated rings. The number of nitrogens with two attached hydrogens (primary N) is 1. The van der Waals surface area contributed by atoms with Crippen LogP contribution in [0.1, 0.15) is 5.56 Å². The van der Waals surface area contributed by atoms with Gasteiger partial charge >= 0.3 is 0 Å². The number of rotatable bonds is 5. The molecule has 0 bridgehead atoms. The average molecular weight is 384 g/mol. The van der Waals surface area contributed by atoms with Crippen LogP contribution in [0, 0.1) is 0 Å². The van der Waals surface area contributed by atoms with Crippen molar-refractivity contribution >= 4 is 28.6 Å². The van der Waals surface area contributed by atoms with Crippen molar-refractivity contribution in [2.24, 2.45) is 0 Å². The summed E-state index contributed by atoms with van der Waals surface area (Å²) in [6.45, 7) is 0.621. The second-order valence-electron chi connectivity index (χ2n) is 6.33. The molecule has 0 unspecified atom stereocenters. The van der Waals surface area contributed by atoms with E-state index in [-0.39, 0.29) is 0 Å². The average Bonchev–Trinajstić information content (AvgIpc) is 3.35. The van der Waals surface area contributed by atoms with E-state index in [1.807, 2.05) is 54.7 Å². The second-order valence-corrected chi connectivity index (χ2v) is 6.33. The van der Waals surface area contributed by atoms with Crippen molar-refractivity contribution in [2.75, 3.05) is 11.1 Å². The molecular formula is C19H16N10. The first-order valence-electron chi connectivity index (χ1n) is 8.89. The Balaban J connectivity index is 1.44. The van der Waals surface area contributed by atoms with Crippen molar-refractivity contribution in [2.45, 2.75) is 6.54 Å². The van der Waals surface area contributed by atoms with E-state index in [4.69, 9.17) is 5.73 Å². The van der Waals surface area contributed by atoms with Crippen molar-refractivity contribution < 1.29 is 0 Å². The summed E-state index contributed by atoms with van der Waals surface area (Å²) in [5, 5.41) is 11.0. The summed E-state index contributed by atoms with van der Waals surface area (Å²) in [5.74, 6) is 1.12. The fraction of sp³-hybridized carbons (Fsp3) is 0.0526. The van der Waals surface area contributed by atoms with Gasteiger partial charge in [0.15, 0.2) is 0 Å². The molecule has 0 aliphatic heterocycles. The fourth-order valence-corrected chi connectivity index (χ4v) is 3.09. The summed E-state index contributed by atoms with van der Waals surface area (Å²) < 4.78 is 3.45. The highest BCUT2D eigenvalue weighted by molar-refractivity contribution is 5.80. The molecule has 0 spiro atoms. The molecule has 0 radical (unpaired) electrons. The van der Waals surface area contributed by atoms with Gasteiger partial charge in [-0.05, 0) is 29.8 Å². The third-order valence-corrected chi connectivity index (χ3v) is 4.35. The number of fused-ring (bicyclic) bond motifs is 1. The maximum atomic E-state index is 6.09. The van der Waals surface area contributed by atoms with Crippen molar-refractivity contribution in [3.05, 3.63) is 72.8 Å². The first-order valence-corrected chi connectivity index (χ1v) is 8.89. The van der Waals surface area contributed by atoms with Gasteiger partial charge in [0, 0.05) is 11.9 Å². The normalized spacial score (nSPS) is 11.0. The van der Waals surface area contributed by atoms with Crippen molar-refractivity contribution in [1.82, 2.24) is 39.5 Å². The van der Waals surface area contributed by atoms with Gasteiger partial charge in [-0.3, -0.25) is 0 Å². The monoisotopic (exact) mass is 384 g/mol. The van der Waals surface area contributed by atoms with Gasteiger partial charge in [-0.25, -0.2) is 24.2 Å². The van der Waals surface area contributed by atoms with E-state index >= 15 is 0 Å². The van der Waals surface area contributed by atoms with Gasteiger partial charge in [-0.1, -0.05) is 29.5 Å². The van der Waals surface area contributed by atoms with Crippen LogP contribution < -0.4 is 11.1 Å². The molecule has 5 rings (SSSR count). The zero-order valence-corrected chi connectivity index (χ0v) is 15.2. The number of imidazole rings is 1. The minimum atomic E-state index is 0.318. The molecule has 0 amide bonds. The molecular weight excluding hydrogens is 368 g/mol. The predicted octanol–water partition coefficient (Wildman–Crippen LogP) is 2.18.